The molecule has 5 atom stereocenters. The zero-order valence-corrected chi connectivity index (χ0v) is 32.6. The van der Waals surface area contributed by atoms with Gasteiger partial charge in [-0.15, -0.1) is 6.58 Å². The summed E-state index contributed by atoms with van der Waals surface area (Å²) < 4.78 is 59.0. The Bertz CT molecular complexity index is 2000. The van der Waals surface area contributed by atoms with E-state index in [4.69, 9.17) is 13.7 Å². The van der Waals surface area contributed by atoms with E-state index in [1.807, 2.05) is 4.72 Å². The van der Waals surface area contributed by atoms with Gasteiger partial charge < -0.3 is 25.0 Å². The van der Waals surface area contributed by atoms with Gasteiger partial charge in [-0.3, -0.25) is 18.6 Å². The maximum atomic E-state index is 14.9. The first-order chi connectivity index (χ1) is 26.5. The number of rotatable bonds is 14. The van der Waals surface area contributed by atoms with Crippen molar-refractivity contribution in [3.05, 3.63) is 54.6 Å². The highest BCUT2D eigenvalue weighted by molar-refractivity contribution is 7.85. The van der Waals surface area contributed by atoms with Crippen LogP contribution >= 0.6 is 0 Å². The van der Waals surface area contributed by atoms with Gasteiger partial charge in [0.05, 0.1) is 18.3 Å². The number of amides is 4. The Morgan fingerprint density at radius 2 is 1.73 bits per heavy atom. The van der Waals surface area contributed by atoms with Crippen LogP contribution in [0, 0.1) is 17.2 Å². The number of hydrogen-bond acceptors (Lipinski definition) is 11. The van der Waals surface area contributed by atoms with Gasteiger partial charge in [-0.25, -0.2) is 18.9 Å². The molecule has 4 saturated carbocycles. The summed E-state index contributed by atoms with van der Waals surface area (Å²) in [6.45, 7) is 8.96. The van der Waals surface area contributed by atoms with Crippen molar-refractivity contribution < 1.29 is 45.6 Å². The minimum absolute atomic E-state index is 0.0572. The summed E-state index contributed by atoms with van der Waals surface area (Å²) in [5.74, 6) is -2.67. The summed E-state index contributed by atoms with van der Waals surface area (Å²) in [4.78, 5) is 66.1. The van der Waals surface area contributed by atoms with Crippen LogP contribution in [0.3, 0.4) is 0 Å². The van der Waals surface area contributed by atoms with Crippen molar-refractivity contribution >= 4 is 34.1 Å². The third kappa shape index (κ3) is 8.98. The lowest BCUT2D eigenvalue weighted by atomic mass is 9.85. The van der Waals surface area contributed by atoms with E-state index in [0.717, 1.165) is 38.5 Å². The fraction of sp³-hybridized carbons (Fsp3) is 0.590. The Hall–Kier alpha value is -4.64. The van der Waals surface area contributed by atoms with Crippen LogP contribution in [0.2, 0.25) is 0 Å². The molecular formula is C39H49FN6O9S. The standard InChI is InChI=1S/C39H49FN6O9S/c1-5-23-20-39(23,36(49)45-56(51,52)55-25-16-17-25)44-34(47)30-18-26(21-46(30)35(48)32(38(2,3)4)43-37(50)54-24-10-6-7-11-24)53-31-19-29(27-12-8-9-13-28(27)40)41-33(42-31)22-14-15-22/h5,8-9,12-13,19,22-26,30,32H,1,6-7,10-11,14-18,20-21H2,2-4H3,(H,43,50)(H,44,47)(H,45,49)/t23-,26-,30+,32-,39-/m1/s1. The number of aromatic nitrogens is 2. The molecule has 15 nitrogen and oxygen atoms in total. The van der Waals surface area contributed by atoms with Gasteiger partial charge in [0.2, 0.25) is 17.7 Å². The predicted octanol–water partition coefficient (Wildman–Crippen LogP) is 4.19. The van der Waals surface area contributed by atoms with E-state index in [-0.39, 0.29) is 42.9 Å². The highest BCUT2D eigenvalue weighted by atomic mass is 32.2. The highest BCUT2D eigenvalue weighted by Gasteiger charge is 2.62. The van der Waals surface area contributed by atoms with Crippen molar-refractivity contribution in [2.45, 2.75) is 127 Å². The summed E-state index contributed by atoms with van der Waals surface area (Å²) in [5.41, 5.74) is -1.92. The molecule has 302 valence electrons. The van der Waals surface area contributed by atoms with Crippen molar-refractivity contribution in [1.29, 1.82) is 0 Å². The molecule has 2 heterocycles. The number of carbonyl (C=O) groups is 4. The first-order valence-electron chi connectivity index (χ1n) is 19.3. The van der Waals surface area contributed by atoms with Crippen LogP contribution in [-0.2, 0) is 33.6 Å². The molecule has 5 aliphatic rings. The van der Waals surface area contributed by atoms with E-state index < -0.39 is 81.1 Å². The van der Waals surface area contributed by atoms with Gasteiger partial charge in [-0.1, -0.05) is 39.0 Å². The fourth-order valence-electron chi connectivity index (χ4n) is 7.41. The number of carbonyl (C=O) groups excluding carboxylic acids is 4. The third-order valence-corrected chi connectivity index (χ3v) is 11.9. The van der Waals surface area contributed by atoms with Crippen molar-refractivity contribution in [2.75, 3.05) is 6.54 Å². The fourth-order valence-corrected chi connectivity index (χ4v) is 8.42. The van der Waals surface area contributed by atoms with Crippen LogP contribution in [0.15, 0.2) is 43.0 Å². The molecular weight excluding hydrogens is 748 g/mol. The van der Waals surface area contributed by atoms with Gasteiger partial charge in [-0.05, 0) is 75.3 Å². The molecule has 1 saturated heterocycles. The molecule has 1 aliphatic heterocycles. The molecule has 2 aromatic rings. The number of halogens is 1. The minimum Gasteiger partial charge on any atom is -0.472 e. The molecule has 0 unspecified atom stereocenters. The molecule has 7 rings (SSSR count). The third-order valence-electron chi connectivity index (χ3n) is 11.0. The summed E-state index contributed by atoms with van der Waals surface area (Å²) >= 11 is 0. The molecule has 0 radical (unpaired) electrons. The van der Waals surface area contributed by atoms with Crippen LogP contribution in [0.25, 0.3) is 11.3 Å². The Morgan fingerprint density at radius 1 is 1.02 bits per heavy atom. The van der Waals surface area contributed by atoms with E-state index in [1.165, 1.54) is 23.1 Å². The van der Waals surface area contributed by atoms with Crippen LogP contribution in [0.1, 0.15) is 96.7 Å². The SMILES string of the molecule is C=C[C@@H]1C[C@]1(NC(=O)[C@@H]1C[C@@H](Oc2cc(-c3ccccc3F)nc(C3CC3)n2)CN1C(=O)[C@@H](NC(=O)OC1CCCC1)C(C)(C)C)C(=O)NS(=O)(=O)OC1CC1. The number of benzene rings is 1. The molecule has 56 heavy (non-hydrogen) atoms. The van der Waals surface area contributed by atoms with E-state index in [0.29, 0.717) is 24.4 Å². The number of ether oxygens (including phenoxy) is 2. The maximum absolute atomic E-state index is 14.9. The normalized spacial score (nSPS) is 25.6. The summed E-state index contributed by atoms with van der Waals surface area (Å²) in [6.07, 6.45) is 5.30. The highest BCUT2D eigenvalue weighted by Crippen LogP contribution is 2.45. The van der Waals surface area contributed by atoms with Gasteiger partial charge in [-0.2, -0.15) is 13.4 Å². The Labute approximate surface area is 325 Å². The first kappa shape index (κ1) is 39.6. The summed E-state index contributed by atoms with van der Waals surface area (Å²) in [7, 11) is -4.45. The molecule has 17 heteroatoms. The largest absolute Gasteiger partial charge is 0.472 e. The summed E-state index contributed by atoms with van der Waals surface area (Å²) in [5, 5.41) is 5.48. The molecule has 1 aromatic carbocycles. The zero-order valence-electron chi connectivity index (χ0n) is 31.8. The van der Waals surface area contributed by atoms with E-state index in [9.17, 15) is 32.0 Å². The lowest BCUT2D eigenvalue weighted by molar-refractivity contribution is -0.143. The number of likely N-dealkylation sites (tertiary alicyclic amines) is 1. The molecule has 3 N–H and O–H groups in total. The van der Waals surface area contributed by atoms with Crippen LogP contribution in [0.5, 0.6) is 5.88 Å². The Morgan fingerprint density at radius 3 is 2.36 bits per heavy atom. The summed E-state index contributed by atoms with van der Waals surface area (Å²) in [6, 6.07) is 5.38. The van der Waals surface area contributed by atoms with Crippen molar-refractivity contribution in [1.82, 2.24) is 30.2 Å². The van der Waals surface area contributed by atoms with Gasteiger partial charge in [0, 0.05) is 29.9 Å². The van der Waals surface area contributed by atoms with Crippen molar-refractivity contribution in [2.24, 2.45) is 11.3 Å². The lowest BCUT2D eigenvalue weighted by Gasteiger charge is -2.35. The topological polar surface area (TPSA) is 195 Å². The number of alkyl carbamates (subject to hydrolysis) is 1. The average Bonchev–Trinajstić information content (AvgIpc) is 4.10. The molecule has 0 bridgehead atoms. The number of hydrogen-bond donors (Lipinski definition) is 3. The average molecular weight is 797 g/mol. The second-order valence-corrected chi connectivity index (χ2v) is 17.9. The number of nitrogens with one attached hydrogen (secondary N) is 3. The molecule has 0 spiro atoms. The Balaban J connectivity index is 1.16. The van der Waals surface area contributed by atoms with Crippen LogP contribution in [0.4, 0.5) is 9.18 Å². The monoisotopic (exact) mass is 796 g/mol. The quantitative estimate of drug-likeness (QED) is 0.232. The van der Waals surface area contributed by atoms with Crippen LogP contribution in [-0.4, -0.2) is 89.6 Å². The van der Waals surface area contributed by atoms with E-state index >= 15 is 0 Å². The number of nitrogens with zero attached hydrogens (tertiary/aromatic N) is 3. The van der Waals surface area contributed by atoms with E-state index in [2.05, 4.69) is 27.2 Å². The first-order valence-corrected chi connectivity index (χ1v) is 20.7. The minimum atomic E-state index is -4.45. The van der Waals surface area contributed by atoms with Gasteiger partial charge in [0.15, 0.2) is 0 Å². The van der Waals surface area contributed by atoms with E-state index in [1.54, 1.807) is 39.0 Å². The predicted molar refractivity (Wildman–Crippen MR) is 199 cm³/mol. The lowest BCUT2D eigenvalue weighted by Crippen LogP contribution is -2.60. The second-order valence-electron chi connectivity index (χ2n) is 16.6. The van der Waals surface area contributed by atoms with Crippen molar-refractivity contribution in [3.8, 4) is 17.1 Å². The molecule has 4 aliphatic carbocycles. The van der Waals surface area contributed by atoms with Crippen LogP contribution < -0.4 is 20.1 Å². The maximum Gasteiger partial charge on any atom is 0.408 e. The zero-order chi connectivity index (χ0) is 40.0. The van der Waals surface area contributed by atoms with Gasteiger partial charge in [0.25, 0.3) is 5.91 Å². The van der Waals surface area contributed by atoms with Gasteiger partial charge >= 0.3 is 16.4 Å². The second kappa shape index (κ2) is 15.4. The molecule has 5 fully saturated rings. The van der Waals surface area contributed by atoms with Gasteiger partial charge in [0.1, 0.15) is 41.5 Å². The Kier molecular flexibility index (Phi) is 10.9. The molecule has 4 amide bonds. The molecule has 1 aromatic heterocycles. The van der Waals surface area contributed by atoms with Crippen molar-refractivity contribution in [3.63, 3.8) is 0 Å². The smallest absolute Gasteiger partial charge is 0.408 e.